The number of sulfonamides is 1. The predicted molar refractivity (Wildman–Crippen MR) is 121 cm³/mol. The number of anilines is 1. The van der Waals surface area contributed by atoms with Crippen molar-refractivity contribution in [2.45, 2.75) is 10.8 Å². The van der Waals surface area contributed by atoms with Gasteiger partial charge < -0.3 is 15.0 Å². The van der Waals surface area contributed by atoms with Crippen LogP contribution in [0.3, 0.4) is 0 Å². The van der Waals surface area contributed by atoms with E-state index < -0.39 is 10.0 Å². The third-order valence-corrected chi connectivity index (χ3v) is 8.00. The Kier molecular flexibility index (Phi) is 6.60. The first-order valence-corrected chi connectivity index (χ1v) is 12.3. The minimum atomic E-state index is -3.69. The maximum absolute atomic E-state index is 12.7. The highest BCUT2D eigenvalue weighted by Crippen LogP contribution is 2.40. The normalized spacial score (nSPS) is 14.6. The molecule has 1 aliphatic rings. The van der Waals surface area contributed by atoms with E-state index in [1.807, 2.05) is 54.6 Å². The Bertz CT molecular complexity index is 1100. The Morgan fingerprint density at radius 1 is 1.07 bits per heavy atom. The molecule has 0 atom stereocenters. The highest BCUT2D eigenvalue weighted by molar-refractivity contribution is 7.91. The summed E-state index contributed by atoms with van der Waals surface area (Å²) in [4.78, 5) is 2.28. The zero-order valence-corrected chi connectivity index (χ0v) is 18.6. The van der Waals surface area contributed by atoms with Crippen LogP contribution in [0.2, 0.25) is 5.02 Å². The SMILES string of the molecule is O=S(=O)(NCc1ccccc1)c1cc(Cl)c(Oc2cccc(N3CCNCC3)c2)s1. The van der Waals surface area contributed by atoms with E-state index in [-0.39, 0.29) is 15.8 Å². The molecular formula is C21H22ClN3O3S2. The second kappa shape index (κ2) is 9.36. The summed E-state index contributed by atoms with van der Waals surface area (Å²) >= 11 is 7.29. The number of halogens is 1. The first-order valence-electron chi connectivity index (χ1n) is 9.58. The summed E-state index contributed by atoms with van der Waals surface area (Å²) in [7, 11) is -3.69. The molecule has 0 amide bonds. The number of nitrogens with zero attached hydrogens (tertiary/aromatic N) is 1. The van der Waals surface area contributed by atoms with Crippen molar-refractivity contribution in [3.8, 4) is 10.8 Å². The standard InChI is InChI=1S/C21H22ClN3O3S2/c22-19-14-20(30(26,27)24-15-16-5-2-1-3-6-16)29-21(19)28-18-8-4-7-17(13-18)25-11-9-23-10-12-25/h1-8,13-14,23-24H,9-12,15H2. The lowest BCUT2D eigenvalue weighted by Gasteiger charge is -2.29. The number of piperazine rings is 1. The van der Waals surface area contributed by atoms with E-state index in [1.54, 1.807) is 0 Å². The highest BCUT2D eigenvalue weighted by atomic mass is 35.5. The highest BCUT2D eigenvalue weighted by Gasteiger charge is 2.21. The van der Waals surface area contributed by atoms with Gasteiger partial charge >= 0.3 is 0 Å². The first kappa shape index (κ1) is 21.1. The van der Waals surface area contributed by atoms with Gasteiger partial charge in [0.15, 0.2) is 0 Å². The van der Waals surface area contributed by atoms with Crippen molar-refractivity contribution in [2.24, 2.45) is 0 Å². The van der Waals surface area contributed by atoms with Crippen molar-refractivity contribution in [2.75, 3.05) is 31.1 Å². The number of nitrogens with one attached hydrogen (secondary N) is 2. The molecule has 158 valence electrons. The summed E-state index contributed by atoms with van der Waals surface area (Å²) in [6.07, 6.45) is 0. The van der Waals surface area contributed by atoms with Gasteiger partial charge in [-0.25, -0.2) is 13.1 Å². The smallest absolute Gasteiger partial charge is 0.250 e. The predicted octanol–water partition coefficient (Wildman–Crippen LogP) is 4.08. The molecule has 0 unspecified atom stereocenters. The molecule has 3 aromatic rings. The molecule has 1 aromatic heterocycles. The molecule has 1 saturated heterocycles. The molecule has 0 radical (unpaired) electrons. The van der Waals surface area contributed by atoms with Crippen molar-refractivity contribution in [1.82, 2.24) is 10.0 Å². The van der Waals surface area contributed by atoms with Crippen molar-refractivity contribution in [3.63, 3.8) is 0 Å². The van der Waals surface area contributed by atoms with Crippen LogP contribution in [0.25, 0.3) is 0 Å². The number of thiophene rings is 1. The van der Waals surface area contributed by atoms with E-state index in [9.17, 15) is 8.42 Å². The number of rotatable bonds is 7. The van der Waals surface area contributed by atoms with Gasteiger partial charge in [-0.3, -0.25) is 0 Å². The molecule has 4 rings (SSSR count). The molecule has 0 bridgehead atoms. The monoisotopic (exact) mass is 463 g/mol. The molecule has 6 nitrogen and oxygen atoms in total. The van der Waals surface area contributed by atoms with Gasteiger partial charge in [0.05, 0.1) is 5.02 Å². The summed E-state index contributed by atoms with van der Waals surface area (Å²) < 4.78 is 34.0. The molecule has 0 saturated carbocycles. The lowest BCUT2D eigenvalue weighted by molar-refractivity contribution is 0.496. The molecule has 0 aliphatic carbocycles. The molecule has 0 spiro atoms. The van der Waals surface area contributed by atoms with E-state index in [2.05, 4.69) is 14.9 Å². The van der Waals surface area contributed by atoms with Gasteiger partial charge in [0.1, 0.15) is 9.96 Å². The van der Waals surface area contributed by atoms with E-state index in [0.717, 1.165) is 48.8 Å². The van der Waals surface area contributed by atoms with Gasteiger partial charge in [-0.1, -0.05) is 59.3 Å². The zero-order chi connectivity index (χ0) is 21.0. The second-order valence-electron chi connectivity index (χ2n) is 6.85. The van der Waals surface area contributed by atoms with E-state index in [0.29, 0.717) is 10.8 Å². The van der Waals surface area contributed by atoms with Gasteiger partial charge in [0, 0.05) is 44.5 Å². The Hall–Kier alpha value is -2.10. The van der Waals surface area contributed by atoms with E-state index in [4.69, 9.17) is 16.3 Å². The minimum Gasteiger partial charge on any atom is -0.445 e. The zero-order valence-electron chi connectivity index (χ0n) is 16.2. The van der Waals surface area contributed by atoms with Gasteiger partial charge in [-0.05, 0) is 23.8 Å². The third-order valence-electron chi connectivity index (χ3n) is 4.72. The van der Waals surface area contributed by atoms with Crippen LogP contribution in [-0.4, -0.2) is 34.6 Å². The number of ether oxygens (including phenoxy) is 1. The lowest BCUT2D eigenvalue weighted by Crippen LogP contribution is -2.43. The van der Waals surface area contributed by atoms with Crippen LogP contribution in [0.1, 0.15) is 5.56 Å². The van der Waals surface area contributed by atoms with Crippen molar-refractivity contribution < 1.29 is 13.2 Å². The Balaban J connectivity index is 1.47. The molecule has 30 heavy (non-hydrogen) atoms. The van der Waals surface area contributed by atoms with Crippen molar-refractivity contribution in [3.05, 3.63) is 71.2 Å². The summed E-state index contributed by atoms with van der Waals surface area (Å²) in [5.74, 6) is 0.621. The van der Waals surface area contributed by atoms with Crippen LogP contribution in [-0.2, 0) is 16.6 Å². The Morgan fingerprint density at radius 2 is 1.83 bits per heavy atom. The fourth-order valence-corrected chi connectivity index (χ4v) is 5.81. The topological polar surface area (TPSA) is 70.7 Å². The molecule has 2 N–H and O–H groups in total. The van der Waals surface area contributed by atoms with E-state index in [1.165, 1.54) is 6.07 Å². The van der Waals surface area contributed by atoms with Crippen LogP contribution in [0.5, 0.6) is 10.8 Å². The lowest BCUT2D eigenvalue weighted by atomic mass is 10.2. The Labute approximate surface area is 185 Å². The van der Waals surface area contributed by atoms with Crippen molar-refractivity contribution >= 4 is 38.6 Å². The number of hydrogen-bond acceptors (Lipinski definition) is 6. The second-order valence-corrected chi connectivity index (χ2v) is 10.3. The summed E-state index contributed by atoms with van der Waals surface area (Å²) in [5, 5.41) is 3.96. The summed E-state index contributed by atoms with van der Waals surface area (Å²) in [6.45, 7) is 3.96. The fourth-order valence-electron chi connectivity index (χ4n) is 3.15. The van der Waals surface area contributed by atoms with Crippen LogP contribution >= 0.6 is 22.9 Å². The van der Waals surface area contributed by atoms with E-state index >= 15 is 0 Å². The number of benzene rings is 2. The molecule has 2 aromatic carbocycles. The Morgan fingerprint density at radius 3 is 2.60 bits per heavy atom. The van der Waals surface area contributed by atoms with Crippen LogP contribution in [0, 0.1) is 0 Å². The minimum absolute atomic E-state index is 0.122. The van der Waals surface area contributed by atoms with Crippen LogP contribution < -0.4 is 19.7 Å². The molecule has 9 heteroatoms. The molecule has 1 aliphatic heterocycles. The van der Waals surface area contributed by atoms with Gasteiger partial charge in [0.25, 0.3) is 10.0 Å². The number of hydrogen-bond donors (Lipinski definition) is 2. The summed E-state index contributed by atoms with van der Waals surface area (Å²) in [6, 6.07) is 18.5. The van der Waals surface area contributed by atoms with Crippen LogP contribution in [0.15, 0.2) is 64.9 Å². The molecule has 1 fully saturated rings. The average Bonchev–Trinajstić information content (AvgIpc) is 3.15. The maximum Gasteiger partial charge on any atom is 0.250 e. The quantitative estimate of drug-likeness (QED) is 0.552. The van der Waals surface area contributed by atoms with Gasteiger partial charge in [-0.15, -0.1) is 0 Å². The first-order chi connectivity index (χ1) is 14.5. The van der Waals surface area contributed by atoms with Gasteiger partial charge in [0.2, 0.25) is 5.06 Å². The summed E-state index contributed by atoms with van der Waals surface area (Å²) in [5.41, 5.74) is 1.95. The maximum atomic E-state index is 12.7. The fraction of sp³-hybridized carbons (Fsp3) is 0.238. The van der Waals surface area contributed by atoms with Gasteiger partial charge in [-0.2, -0.15) is 0 Å². The van der Waals surface area contributed by atoms with Crippen LogP contribution in [0.4, 0.5) is 5.69 Å². The molecule has 2 heterocycles. The molecular weight excluding hydrogens is 442 g/mol. The largest absolute Gasteiger partial charge is 0.445 e. The third kappa shape index (κ3) is 5.14. The van der Waals surface area contributed by atoms with Crippen molar-refractivity contribution in [1.29, 1.82) is 0 Å². The average molecular weight is 464 g/mol.